The average Bonchev–Trinajstić information content (AvgIpc) is 3.22. The first kappa shape index (κ1) is 16.9. The van der Waals surface area contributed by atoms with Crippen LogP contribution in [0.3, 0.4) is 0 Å². The zero-order valence-corrected chi connectivity index (χ0v) is 14.8. The van der Waals surface area contributed by atoms with Crippen molar-refractivity contribution in [2.24, 2.45) is 0 Å². The van der Waals surface area contributed by atoms with E-state index in [9.17, 15) is 4.79 Å². The van der Waals surface area contributed by atoms with Crippen LogP contribution in [0.15, 0.2) is 34.2 Å². The molecule has 0 N–H and O–H groups in total. The molecule has 1 amide bonds. The fourth-order valence-electron chi connectivity index (χ4n) is 2.53. The van der Waals surface area contributed by atoms with Crippen LogP contribution in [-0.4, -0.2) is 31.3 Å². The Kier molecular flexibility index (Phi) is 5.11. The second kappa shape index (κ2) is 7.28. The van der Waals surface area contributed by atoms with Crippen LogP contribution in [0.25, 0.3) is 10.1 Å². The molecule has 124 valence electrons. The zero-order chi connectivity index (χ0) is 17.1. The van der Waals surface area contributed by atoms with Gasteiger partial charge in [-0.3, -0.25) is 0 Å². The van der Waals surface area contributed by atoms with Crippen molar-refractivity contribution in [3.63, 3.8) is 0 Å². The van der Waals surface area contributed by atoms with Gasteiger partial charge in [-0.05, 0) is 0 Å². The maximum atomic E-state index is 13.0. The summed E-state index contributed by atoms with van der Waals surface area (Å²) >= 11 is 1.69. The van der Waals surface area contributed by atoms with E-state index < -0.39 is 0 Å². The number of thiophene rings is 1. The van der Waals surface area contributed by atoms with Gasteiger partial charge in [-0.1, -0.05) is 0 Å². The van der Waals surface area contributed by atoms with E-state index in [0.29, 0.717) is 12.4 Å². The average molecular weight is 342 g/mol. The first-order chi connectivity index (χ1) is 11.6. The predicted molar refractivity (Wildman–Crippen MR) is 96.8 cm³/mol. The Morgan fingerprint density at radius 2 is 2.29 bits per heavy atom. The van der Waals surface area contributed by atoms with E-state index in [-0.39, 0.29) is 18.6 Å². The molecule has 3 rings (SSSR count). The van der Waals surface area contributed by atoms with Gasteiger partial charge in [0.2, 0.25) is 0 Å². The third kappa shape index (κ3) is 3.42. The van der Waals surface area contributed by atoms with Gasteiger partial charge in [0.05, 0.1) is 0 Å². The second-order valence-corrected chi connectivity index (χ2v) is 6.58. The summed E-state index contributed by atoms with van der Waals surface area (Å²) in [7, 11) is 0. The van der Waals surface area contributed by atoms with Crippen molar-refractivity contribution in [2.75, 3.05) is 18.2 Å². The van der Waals surface area contributed by atoms with E-state index in [0.717, 1.165) is 16.5 Å². The van der Waals surface area contributed by atoms with E-state index in [4.69, 9.17) is 9.26 Å². The number of nitrogens with zero attached hydrogens (tertiary/aromatic N) is 2. The van der Waals surface area contributed by atoms with Crippen molar-refractivity contribution in [3.8, 4) is 0 Å². The number of ether oxygens (including phenoxy) is 1. The van der Waals surface area contributed by atoms with Gasteiger partial charge in [0.25, 0.3) is 0 Å². The third-order valence-electron chi connectivity index (χ3n) is 3.92. The van der Waals surface area contributed by atoms with E-state index in [1.54, 1.807) is 18.2 Å². The summed E-state index contributed by atoms with van der Waals surface area (Å²) in [6.45, 7) is 8.03. The van der Waals surface area contributed by atoms with Crippen molar-refractivity contribution in [1.29, 1.82) is 0 Å². The summed E-state index contributed by atoms with van der Waals surface area (Å²) in [5.74, 6) is 0.0313. The number of aryl methyl sites for hydroxylation is 1. The van der Waals surface area contributed by atoms with E-state index >= 15 is 0 Å². The summed E-state index contributed by atoms with van der Waals surface area (Å²) < 4.78 is 11.9. The van der Waals surface area contributed by atoms with Crippen molar-refractivity contribution in [2.45, 2.75) is 26.7 Å². The van der Waals surface area contributed by atoms with Crippen LogP contribution in [0.2, 0.25) is 0 Å². The van der Waals surface area contributed by atoms with Crippen molar-refractivity contribution in [3.05, 3.63) is 40.8 Å². The van der Waals surface area contributed by atoms with Gasteiger partial charge in [0, 0.05) is 0 Å². The number of hydrogen-bond donors (Lipinski definition) is 0. The molecule has 24 heavy (non-hydrogen) atoms. The molecule has 0 aliphatic heterocycles. The summed E-state index contributed by atoms with van der Waals surface area (Å²) in [5.41, 5.74) is 1.70. The molecule has 1 aromatic carbocycles. The molecule has 0 saturated heterocycles. The van der Waals surface area contributed by atoms with E-state index in [1.807, 2.05) is 26.8 Å². The zero-order valence-electron chi connectivity index (χ0n) is 14.0. The van der Waals surface area contributed by atoms with Crippen LogP contribution in [-0.2, 0) is 9.53 Å². The Bertz CT molecular complexity index is 845. The number of anilines is 1. The molecule has 5 nitrogen and oxygen atoms in total. The molecule has 0 aliphatic carbocycles. The number of hydrogen-bond acceptors (Lipinski definition) is 5. The maximum absolute atomic E-state index is 13.0. The summed E-state index contributed by atoms with van der Waals surface area (Å²) in [5, 5.41) is 7.08. The van der Waals surface area contributed by atoms with Gasteiger partial charge >= 0.3 is 145 Å². The van der Waals surface area contributed by atoms with Crippen LogP contribution in [0.5, 0.6) is 0 Å². The summed E-state index contributed by atoms with van der Waals surface area (Å²) in [4.78, 5) is 14.5. The van der Waals surface area contributed by atoms with Gasteiger partial charge in [0.1, 0.15) is 0 Å². The molecule has 7 heteroatoms. The van der Waals surface area contributed by atoms with E-state index in [2.05, 4.69) is 28.7 Å². The molecule has 0 bridgehead atoms. The minimum atomic E-state index is -0.305. The fraction of sp³-hybridized carbons (Fsp3) is 0.353. The molecule has 0 saturated carbocycles. The molecule has 2 aromatic heterocycles. The molecule has 0 aliphatic rings. The Morgan fingerprint density at radius 3 is 3.00 bits per heavy atom. The van der Waals surface area contributed by atoms with Crippen LogP contribution in [0.4, 0.5) is 5.78 Å². The number of carbonyl (C=O) groups excluding carboxylic acids is 1. The Hall–Kier alpha value is -1.99. The van der Waals surface area contributed by atoms with Gasteiger partial charge in [0.15, 0.2) is 0 Å². The minimum absolute atomic E-state index is 0.0748. The van der Waals surface area contributed by atoms with Gasteiger partial charge in [-0.25, -0.2) is 0 Å². The summed E-state index contributed by atoms with van der Waals surface area (Å²) in [6, 6.07) is 8.20. The van der Waals surface area contributed by atoms with Crippen LogP contribution < -0.4 is 4.90 Å². The first-order valence-corrected chi connectivity index (χ1v) is 8.77. The van der Waals surface area contributed by atoms with Crippen molar-refractivity contribution >= 4 is 40.0 Å². The molecule has 0 fully saturated rings. The Balaban J connectivity index is 1.87. The molecular weight excluding hydrogens is 323 g/mol. The normalized spacial score (nSPS) is 12.3. The number of fused-ring (bicyclic) bond motifs is 1. The molecule has 1 unspecified atom stereocenters. The summed E-state index contributed by atoms with van der Waals surface area (Å²) in [6.07, 6.45) is 0. The number of aromatic nitrogens is 1. The molecule has 1 atom stereocenters. The number of rotatable bonds is 6. The monoisotopic (exact) mass is 342 g/mol. The van der Waals surface area contributed by atoms with Gasteiger partial charge in [-0.15, -0.1) is 0 Å². The molecule has 0 radical (unpaired) electrons. The van der Waals surface area contributed by atoms with Crippen molar-refractivity contribution in [1.82, 2.24) is 5.16 Å². The van der Waals surface area contributed by atoms with E-state index in [1.165, 1.54) is 9.60 Å². The van der Waals surface area contributed by atoms with Crippen LogP contribution in [0.1, 0.15) is 30.9 Å². The standard InChI is InChI=1S/C17H19BN2O3S/c1-4-22-10-20(17-18-12(3)19-23-17)16(21)11(2)13-5-6-15-14(9-13)7-8-24-15/h5-9,11H,4,10H2,1-3H3. The molecule has 0 spiro atoms. The predicted octanol–water partition coefficient (Wildman–Crippen LogP) is 3.67. The SMILES string of the molecule is CCOCN(C(=O)C(C)c1ccc2sccc2c1)c1bc(C)no1. The molecular formula is C17H19BN2O3S. The first-order valence-electron chi connectivity index (χ1n) is 7.89. The van der Waals surface area contributed by atoms with Crippen LogP contribution >= 0.6 is 11.3 Å². The quantitative estimate of drug-likeness (QED) is 0.642. The molecule has 3 aromatic rings. The number of carbonyl (C=O) groups is 1. The van der Waals surface area contributed by atoms with Crippen LogP contribution in [0, 0.1) is 6.92 Å². The Labute approximate surface area is 145 Å². The Morgan fingerprint density at radius 1 is 1.46 bits per heavy atom. The number of amides is 1. The third-order valence-corrected chi connectivity index (χ3v) is 4.82. The second-order valence-electron chi connectivity index (χ2n) is 5.63. The van der Waals surface area contributed by atoms with Gasteiger partial charge in [-0.2, -0.15) is 0 Å². The topological polar surface area (TPSA) is 55.6 Å². The fourth-order valence-corrected chi connectivity index (χ4v) is 3.30. The number of benzene rings is 1. The van der Waals surface area contributed by atoms with Crippen molar-refractivity contribution < 1.29 is 14.1 Å². The molecule has 2 heterocycles. The van der Waals surface area contributed by atoms with Gasteiger partial charge < -0.3 is 0 Å².